The zero-order chi connectivity index (χ0) is 16.0. The van der Waals surface area contributed by atoms with E-state index < -0.39 is 5.97 Å². The molecule has 0 heterocycles. The molecule has 0 unspecified atom stereocenters. The van der Waals surface area contributed by atoms with Crippen LogP contribution in [-0.2, 0) is 14.4 Å². The van der Waals surface area contributed by atoms with Crippen LogP contribution in [-0.4, -0.2) is 36.4 Å². The topological polar surface area (TPSA) is 66.9 Å². The minimum absolute atomic E-state index is 0.202. The summed E-state index contributed by atoms with van der Waals surface area (Å²) in [5.41, 5.74) is 0.674. The number of benzene rings is 1. The number of nitrogens with zero attached hydrogens (tertiary/aromatic N) is 2. The molecule has 0 aliphatic heterocycles. The first-order valence-corrected chi connectivity index (χ1v) is 6.78. The summed E-state index contributed by atoms with van der Waals surface area (Å²) in [7, 11) is 1.57. The lowest BCUT2D eigenvalue weighted by molar-refractivity contribution is -0.166. The molecular weight excluding hydrogens is 272 g/mol. The van der Waals surface area contributed by atoms with E-state index in [1.165, 1.54) is 11.8 Å². The van der Waals surface area contributed by atoms with Crippen molar-refractivity contribution in [2.75, 3.05) is 18.5 Å². The fraction of sp³-hybridized carbons (Fsp3) is 0.400. The maximum absolute atomic E-state index is 12.2. The van der Waals surface area contributed by atoms with Gasteiger partial charge in [0.25, 0.3) is 5.91 Å². The van der Waals surface area contributed by atoms with Crippen LogP contribution in [0, 0.1) is 0 Å². The lowest BCUT2D eigenvalue weighted by Gasteiger charge is -2.21. The van der Waals surface area contributed by atoms with Crippen LogP contribution in [0.25, 0.3) is 0 Å². The van der Waals surface area contributed by atoms with Gasteiger partial charge in [0.1, 0.15) is 0 Å². The van der Waals surface area contributed by atoms with Crippen LogP contribution in [0.5, 0.6) is 0 Å². The van der Waals surface area contributed by atoms with E-state index in [0.717, 1.165) is 5.06 Å². The van der Waals surface area contributed by atoms with E-state index in [-0.39, 0.29) is 30.3 Å². The molecule has 21 heavy (non-hydrogen) atoms. The molecule has 0 aliphatic rings. The molecule has 2 amide bonds. The van der Waals surface area contributed by atoms with Crippen LogP contribution in [0.1, 0.15) is 37.6 Å². The molecule has 0 aliphatic carbocycles. The molecule has 1 rings (SSSR count). The van der Waals surface area contributed by atoms with Crippen molar-refractivity contribution in [1.82, 2.24) is 5.06 Å². The zero-order valence-corrected chi connectivity index (χ0v) is 12.8. The van der Waals surface area contributed by atoms with Gasteiger partial charge in [-0.25, -0.2) is 4.79 Å². The summed E-state index contributed by atoms with van der Waals surface area (Å²) in [5, 5.41) is 1.02. The summed E-state index contributed by atoms with van der Waals surface area (Å²) in [6.07, 6.45) is 0.246. The van der Waals surface area contributed by atoms with E-state index in [9.17, 15) is 14.4 Å². The van der Waals surface area contributed by atoms with E-state index in [1.54, 1.807) is 45.2 Å². The molecule has 1 aromatic rings. The molecule has 6 nitrogen and oxygen atoms in total. The first-order chi connectivity index (χ1) is 9.92. The smallest absolute Gasteiger partial charge is 0.333 e. The third-order valence-electron chi connectivity index (χ3n) is 3.02. The quantitative estimate of drug-likeness (QED) is 0.796. The van der Waals surface area contributed by atoms with Gasteiger partial charge in [-0.1, -0.05) is 19.1 Å². The maximum Gasteiger partial charge on any atom is 0.365 e. The van der Waals surface area contributed by atoms with E-state index in [2.05, 4.69) is 0 Å². The second-order valence-corrected chi connectivity index (χ2v) is 4.42. The molecule has 0 radical (unpaired) electrons. The van der Waals surface area contributed by atoms with Crippen molar-refractivity contribution in [3.8, 4) is 0 Å². The fourth-order valence-corrected chi connectivity index (χ4v) is 1.73. The number of hydrogen-bond donors (Lipinski definition) is 0. The molecule has 0 aromatic heterocycles. The standard InChI is InChI=1S/C15H20N2O4/c1-5-14(19)17(6-2)21-15(20)12-9-7-8-10-13(12)16(4)11(3)18/h7-10H,5-6H2,1-4H3. The van der Waals surface area contributed by atoms with Gasteiger partial charge in [-0.05, 0) is 19.1 Å². The first kappa shape index (κ1) is 16.7. The third kappa shape index (κ3) is 4.05. The lowest BCUT2D eigenvalue weighted by atomic mass is 10.1. The number of para-hydroxylation sites is 1. The fourth-order valence-electron chi connectivity index (χ4n) is 1.73. The molecular formula is C15H20N2O4. The third-order valence-corrected chi connectivity index (χ3v) is 3.02. The molecule has 0 spiro atoms. The summed E-state index contributed by atoms with van der Waals surface area (Å²) in [4.78, 5) is 41.8. The Morgan fingerprint density at radius 1 is 1.14 bits per heavy atom. The highest BCUT2D eigenvalue weighted by Gasteiger charge is 2.21. The Bertz CT molecular complexity index is 542. The van der Waals surface area contributed by atoms with Gasteiger partial charge >= 0.3 is 5.97 Å². The van der Waals surface area contributed by atoms with E-state index in [4.69, 9.17) is 4.84 Å². The summed E-state index contributed by atoms with van der Waals surface area (Å²) in [6.45, 7) is 5.08. The van der Waals surface area contributed by atoms with Crippen LogP contribution in [0.15, 0.2) is 24.3 Å². The van der Waals surface area contributed by atoms with Gasteiger partial charge in [0, 0.05) is 20.4 Å². The number of anilines is 1. The molecule has 0 fully saturated rings. The predicted octanol–water partition coefficient (Wildman–Crippen LogP) is 2.00. The normalized spacial score (nSPS) is 9.90. The summed E-state index contributed by atoms with van der Waals surface area (Å²) in [5.74, 6) is -1.14. The summed E-state index contributed by atoms with van der Waals surface area (Å²) in [6, 6.07) is 6.60. The van der Waals surface area contributed by atoms with Gasteiger partial charge in [-0.2, -0.15) is 5.06 Å². The van der Waals surface area contributed by atoms with Crippen molar-refractivity contribution < 1.29 is 19.2 Å². The van der Waals surface area contributed by atoms with Crippen molar-refractivity contribution in [3.63, 3.8) is 0 Å². The van der Waals surface area contributed by atoms with Gasteiger partial charge in [0.05, 0.1) is 17.8 Å². The largest absolute Gasteiger partial charge is 0.365 e. The van der Waals surface area contributed by atoms with Gasteiger partial charge in [0.15, 0.2) is 0 Å². The maximum atomic E-state index is 12.2. The minimum Gasteiger partial charge on any atom is -0.333 e. The molecule has 0 N–H and O–H groups in total. The highest BCUT2D eigenvalue weighted by molar-refractivity contribution is 6.01. The summed E-state index contributed by atoms with van der Waals surface area (Å²) < 4.78 is 0. The SMILES string of the molecule is CCC(=O)N(CC)OC(=O)c1ccccc1N(C)C(C)=O. The van der Waals surface area contributed by atoms with Gasteiger partial charge < -0.3 is 9.74 Å². The Kier molecular flexibility index (Phi) is 5.90. The molecule has 114 valence electrons. The van der Waals surface area contributed by atoms with Gasteiger partial charge in [-0.3, -0.25) is 9.59 Å². The Labute approximate surface area is 124 Å². The molecule has 1 aromatic carbocycles. The predicted molar refractivity (Wildman–Crippen MR) is 78.6 cm³/mol. The number of carbonyl (C=O) groups excluding carboxylic acids is 3. The van der Waals surface area contributed by atoms with Crippen LogP contribution < -0.4 is 4.90 Å². The average molecular weight is 292 g/mol. The number of hydrogen-bond acceptors (Lipinski definition) is 4. The van der Waals surface area contributed by atoms with Crippen molar-refractivity contribution in [1.29, 1.82) is 0 Å². The second-order valence-electron chi connectivity index (χ2n) is 4.42. The van der Waals surface area contributed by atoms with Crippen molar-refractivity contribution >= 4 is 23.5 Å². The second kappa shape index (κ2) is 7.42. The molecule has 0 saturated carbocycles. The molecule has 0 saturated heterocycles. The minimum atomic E-state index is -0.664. The highest BCUT2D eigenvalue weighted by Crippen LogP contribution is 2.20. The van der Waals surface area contributed by atoms with Crippen molar-refractivity contribution in [3.05, 3.63) is 29.8 Å². The number of hydroxylamine groups is 2. The average Bonchev–Trinajstić information content (AvgIpc) is 2.50. The Balaban J connectivity index is 3.02. The first-order valence-electron chi connectivity index (χ1n) is 6.78. The zero-order valence-electron chi connectivity index (χ0n) is 12.8. The van der Waals surface area contributed by atoms with Crippen LogP contribution >= 0.6 is 0 Å². The number of rotatable bonds is 4. The Hall–Kier alpha value is -2.37. The molecule has 0 bridgehead atoms. The lowest BCUT2D eigenvalue weighted by Crippen LogP contribution is -2.33. The van der Waals surface area contributed by atoms with E-state index in [0.29, 0.717) is 5.69 Å². The molecule has 0 atom stereocenters. The van der Waals surface area contributed by atoms with E-state index in [1.807, 2.05) is 0 Å². The highest BCUT2D eigenvalue weighted by atomic mass is 16.7. The van der Waals surface area contributed by atoms with Crippen molar-refractivity contribution in [2.45, 2.75) is 27.2 Å². The monoisotopic (exact) mass is 292 g/mol. The number of amides is 2. The van der Waals surface area contributed by atoms with Crippen LogP contribution in [0.3, 0.4) is 0 Å². The van der Waals surface area contributed by atoms with Crippen LogP contribution in [0.4, 0.5) is 5.69 Å². The number of carbonyl (C=O) groups is 3. The van der Waals surface area contributed by atoms with Gasteiger partial charge in [0.2, 0.25) is 5.91 Å². The Morgan fingerprint density at radius 3 is 2.29 bits per heavy atom. The van der Waals surface area contributed by atoms with Gasteiger partial charge in [-0.15, -0.1) is 0 Å². The van der Waals surface area contributed by atoms with Crippen molar-refractivity contribution in [2.24, 2.45) is 0 Å². The summed E-state index contributed by atoms with van der Waals surface area (Å²) >= 11 is 0. The molecule has 6 heteroatoms. The van der Waals surface area contributed by atoms with E-state index >= 15 is 0 Å². The van der Waals surface area contributed by atoms with Crippen LogP contribution in [0.2, 0.25) is 0 Å². The Morgan fingerprint density at radius 2 is 1.76 bits per heavy atom.